The number of carbonyl (C=O) groups is 2. The van der Waals surface area contributed by atoms with Crippen molar-refractivity contribution in [3.8, 4) is 11.5 Å². The molecule has 6 rings (SSSR count). The number of rotatable bonds is 8. The van der Waals surface area contributed by atoms with Crippen molar-refractivity contribution in [1.29, 1.82) is 0 Å². The summed E-state index contributed by atoms with van der Waals surface area (Å²) in [7, 11) is 0. The maximum Gasteiger partial charge on any atom is 0.259 e. The average molecular weight is 740 g/mol. The van der Waals surface area contributed by atoms with Crippen LogP contribution in [0, 0.1) is 18.6 Å². The summed E-state index contributed by atoms with van der Waals surface area (Å²) in [5.74, 6) is -2.54. The van der Waals surface area contributed by atoms with Crippen LogP contribution in [-0.4, -0.2) is 32.0 Å². The van der Waals surface area contributed by atoms with E-state index >= 15 is 0 Å². The van der Waals surface area contributed by atoms with Crippen molar-refractivity contribution in [1.82, 2.24) is 9.97 Å². The molecule has 0 atom stereocenters. The van der Waals surface area contributed by atoms with E-state index in [0.29, 0.717) is 38.6 Å². The van der Waals surface area contributed by atoms with Gasteiger partial charge >= 0.3 is 0 Å². The van der Waals surface area contributed by atoms with Gasteiger partial charge in [-0.25, -0.2) is 18.7 Å². The Hall–Kier alpha value is -6.34. The van der Waals surface area contributed by atoms with Crippen molar-refractivity contribution < 1.29 is 28.6 Å². The standard InChI is InChI=1S/C19H16FN3O2.C18H13BrFN3O2/c1-12-9-15(19(25)23-13-5-3-2-4-6-13)18(21-11-12)22-14-7-8-17(24)16(20)10-14;19-11-8-14(18(25)23-12-4-2-1-3-5-12)17(21-10-11)22-13-6-7-16(24)15(20)9-13/h2-11,24H,1H3,(H,21,22)(H,23,25);1-10,24H,(H,21,22)(H,23,25). The molecule has 0 fully saturated rings. The molecule has 0 unspecified atom stereocenters. The van der Waals surface area contributed by atoms with Crippen molar-refractivity contribution in [2.75, 3.05) is 21.3 Å². The number of pyridine rings is 2. The third-order valence-corrected chi connectivity index (χ3v) is 7.29. The zero-order chi connectivity index (χ0) is 35.6. The Labute approximate surface area is 294 Å². The molecule has 0 saturated heterocycles. The number of para-hydroxylation sites is 2. The highest BCUT2D eigenvalue weighted by molar-refractivity contribution is 9.10. The van der Waals surface area contributed by atoms with E-state index in [4.69, 9.17) is 0 Å². The van der Waals surface area contributed by atoms with Crippen LogP contribution in [-0.2, 0) is 0 Å². The molecule has 4 aromatic carbocycles. The minimum Gasteiger partial charge on any atom is -0.505 e. The van der Waals surface area contributed by atoms with Crippen molar-refractivity contribution in [2.45, 2.75) is 6.92 Å². The number of carbonyl (C=O) groups excluding carboxylic acids is 2. The maximum atomic E-state index is 13.5. The first-order valence-electron chi connectivity index (χ1n) is 14.9. The zero-order valence-electron chi connectivity index (χ0n) is 26.3. The molecule has 6 aromatic rings. The first-order chi connectivity index (χ1) is 24.0. The van der Waals surface area contributed by atoms with Gasteiger partial charge in [0.2, 0.25) is 0 Å². The Morgan fingerprint density at radius 3 is 1.50 bits per heavy atom. The van der Waals surface area contributed by atoms with E-state index in [0.717, 1.165) is 17.7 Å². The number of nitrogens with one attached hydrogen (secondary N) is 4. The smallest absolute Gasteiger partial charge is 0.259 e. The first kappa shape index (κ1) is 35.0. The molecule has 252 valence electrons. The second-order valence-electron chi connectivity index (χ2n) is 10.7. The number of phenols is 2. The normalized spacial score (nSPS) is 10.3. The van der Waals surface area contributed by atoms with Gasteiger partial charge in [0.1, 0.15) is 11.6 Å². The van der Waals surface area contributed by atoms with Crippen LogP contribution in [0.1, 0.15) is 26.3 Å². The second kappa shape index (κ2) is 16.2. The van der Waals surface area contributed by atoms with Crippen LogP contribution in [0.4, 0.5) is 43.2 Å². The fourth-order valence-electron chi connectivity index (χ4n) is 4.44. The number of nitrogens with zero attached hydrogens (tertiary/aromatic N) is 2. The minimum absolute atomic E-state index is 0.265. The van der Waals surface area contributed by atoms with E-state index < -0.39 is 23.1 Å². The number of benzene rings is 4. The van der Waals surface area contributed by atoms with Gasteiger partial charge < -0.3 is 31.5 Å². The molecule has 0 aliphatic rings. The number of anilines is 6. The molecule has 0 aliphatic heterocycles. The third-order valence-electron chi connectivity index (χ3n) is 6.85. The Balaban J connectivity index is 0.000000194. The van der Waals surface area contributed by atoms with Gasteiger partial charge in [-0.15, -0.1) is 0 Å². The van der Waals surface area contributed by atoms with Crippen LogP contribution in [0.15, 0.2) is 126 Å². The van der Waals surface area contributed by atoms with Gasteiger partial charge in [-0.2, -0.15) is 0 Å². The second-order valence-corrected chi connectivity index (χ2v) is 11.6. The van der Waals surface area contributed by atoms with E-state index in [2.05, 4.69) is 47.2 Å². The number of amides is 2. The summed E-state index contributed by atoms with van der Waals surface area (Å²) < 4.78 is 27.6. The van der Waals surface area contributed by atoms with Gasteiger partial charge in [0, 0.05) is 51.7 Å². The summed E-state index contributed by atoms with van der Waals surface area (Å²) in [4.78, 5) is 33.6. The molecule has 10 nitrogen and oxygen atoms in total. The largest absolute Gasteiger partial charge is 0.505 e. The fraction of sp³-hybridized carbons (Fsp3) is 0.0270. The summed E-state index contributed by atoms with van der Waals surface area (Å²) in [5, 5.41) is 29.9. The van der Waals surface area contributed by atoms with E-state index in [-0.39, 0.29) is 23.2 Å². The summed E-state index contributed by atoms with van der Waals surface area (Å²) in [6.45, 7) is 1.83. The Bertz CT molecular complexity index is 1990. The molecule has 0 spiro atoms. The first-order valence-corrected chi connectivity index (χ1v) is 15.7. The molecular weight excluding hydrogens is 710 g/mol. The van der Waals surface area contributed by atoms with Gasteiger partial charge in [-0.3, -0.25) is 9.59 Å². The maximum absolute atomic E-state index is 13.5. The molecule has 2 aromatic heterocycles. The number of aryl methyl sites for hydroxylation is 1. The number of halogens is 3. The number of phenolic OH excluding ortho intramolecular Hbond substituents is 2. The van der Waals surface area contributed by atoms with E-state index in [9.17, 15) is 28.6 Å². The quantitative estimate of drug-likeness (QED) is 0.0849. The zero-order valence-corrected chi connectivity index (χ0v) is 27.9. The van der Waals surface area contributed by atoms with Gasteiger partial charge in [0.25, 0.3) is 11.8 Å². The lowest BCUT2D eigenvalue weighted by molar-refractivity contribution is 0.101. The molecule has 50 heavy (non-hydrogen) atoms. The van der Waals surface area contributed by atoms with E-state index in [1.807, 2.05) is 43.3 Å². The van der Waals surface area contributed by atoms with Crippen LogP contribution in [0.3, 0.4) is 0 Å². The number of aromatic nitrogens is 2. The van der Waals surface area contributed by atoms with Crippen molar-refractivity contribution in [2.24, 2.45) is 0 Å². The lowest BCUT2D eigenvalue weighted by Gasteiger charge is -2.12. The predicted octanol–water partition coefficient (Wildman–Crippen LogP) is 8.92. The summed E-state index contributed by atoms with van der Waals surface area (Å²) in [5.41, 5.74) is 3.48. The van der Waals surface area contributed by atoms with Crippen molar-refractivity contribution >= 4 is 62.1 Å². The van der Waals surface area contributed by atoms with Gasteiger partial charge in [0.15, 0.2) is 23.1 Å². The van der Waals surface area contributed by atoms with Crippen molar-refractivity contribution in [3.63, 3.8) is 0 Å². The molecular formula is C37H29BrF2N6O4. The Morgan fingerprint density at radius 1 is 0.600 bits per heavy atom. The van der Waals surface area contributed by atoms with Gasteiger partial charge in [-0.1, -0.05) is 36.4 Å². The minimum atomic E-state index is -0.766. The highest BCUT2D eigenvalue weighted by Crippen LogP contribution is 2.27. The molecule has 13 heteroatoms. The SMILES string of the molecule is Cc1cnc(Nc2ccc(O)c(F)c2)c(C(=O)Nc2ccccc2)c1.O=C(Nc1ccccc1)c1cc(Br)cnc1Nc1ccc(O)c(F)c1. The molecule has 2 heterocycles. The summed E-state index contributed by atoms with van der Waals surface area (Å²) in [6, 6.07) is 29.1. The highest BCUT2D eigenvalue weighted by atomic mass is 79.9. The molecule has 6 N–H and O–H groups in total. The number of hydrogen-bond donors (Lipinski definition) is 6. The molecule has 0 aliphatic carbocycles. The van der Waals surface area contributed by atoms with E-state index in [1.54, 1.807) is 42.6 Å². The summed E-state index contributed by atoms with van der Waals surface area (Å²) >= 11 is 3.29. The number of aromatic hydroxyl groups is 2. The fourth-order valence-corrected chi connectivity index (χ4v) is 4.77. The average Bonchev–Trinajstić information content (AvgIpc) is 3.10. The van der Waals surface area contributed by atoms with Crippen molar-refractivity contribution in [3.05, 3.63) is 154 Å². The van der Waals surface area contributed by atoms with Crippen LogP contribution in [0.2, 0.25) is 0 Å². The van der Waals surface area contributed by atoms with E-state index in [1.165, 1.54) is 30.5 Å². The monoisotopic (exact) mass is 738 g/mol. The van der Waals surface area contributed by atoms with Crippen LogP contribution in [0.5, 0.6) is 11.5 Å². The topological polar surface area (TPSA) is 148 Å². The highest BCUT2D eigenvalue weighted by Gasteiger charge is 2.16. The van der Waals surface area contributed by atoms with Crippen LogP contribution >= 0.6 is 15.9 Å². The molecule has 0 bridgehead atoms. The molecule has 0 radical (unpaired) electrons. The Kier molecular flexibility index (Phi) is 11.3. The Morgan fingerprint density at radius 2 is 1.04 bits per heavy atom. The van der Waals surface area contributed by atoms with Gasteiger partial charge in [0.05, 0.1) is 11.1 Å². The lowest BCUT2D eigenvalue weighted by Crippen LogP contribution is -2.15. The van der Waals surface area contributed by atoms with Crippen LogP contribution in [0.25, 0.3) is 0 Å². The predicted molar refractivity (Wildman–Crippen MR) is 192 cm³/mol. The summed E-state index contributed by atoms with van der Waals surface area (Å²) in [6.07, 6.45) is 3.14. The number of hydrogen-bond acceptors (Lipinski definition) is 8. The molecule has 0 saturated carbocycles. The van der Waals surface area contributed by atoms with Crippen LogP contribution < -0.4 is 21.3 Å². The third kappa shape index (κ3) is 9.39. The lowest BCUT2D eigenvalue weighted by atomic mass is 10.1. The molecule has 2 amide bonds. The van der Waals surface area contributed by atoms with Gasteiger partial charge in [-0.05, 0) is 89.1 Å².